The summed E-state index contributed by atoms with van der Waals surface area (Å²) in [6, 6.07) is 11.6. The highest BCUT2D eigenvalue weighted by Gasteiger charge is 2.19. The summed E-state index contributed by atoms with van der Waals surface area (Å²) in [5.74, 6) is -0.494. The van der Waals surface area contributed by atoms with Gasteiger partial charge in [0, 0.05) is 11.3 Å². The van der Waals surface area contributed by atoms with Crippen LogP contribution in [0.1, 0.15) is 36.4 Å². The van der Waals surface area contributed by atoms with Gasteiger partial charge in [-0.1, -0.05) is 37.3 Å². The smallest absolute Gasteiger partial charge is 0.350 e. The average Bonchev–Trinajstić information content (AvgIpc) is 2.92. The van der Waals surface area contributed by atoms with E-state index >= 15 is 0 Å². The van der Waals surface area contributed by atoms with Crippen LogP contribution in [0.15, 0.2) is 36.4 Å². The molecule has 1 N–H and O–H groups in total. The van der Waals surface area contributed by atoms with Gasteiger partial charge in [-0.25, -0.2) is 4.79 Å². The number of carbonyl (C=O) groups excluding carboxylic acids is 2. The van der Waals surface area contributed by atoms with Crippen LogP contribution in [-0.2, 0) is 9.53 Å². The van der Waals surface area contributed by atoms with Crippen LogP contribution >= 0.6 is 11.3 Å². The molecule has 0 radical (unpaired) electrons. The number of thiophene rings is 1. The lowest BCUT2D eigenvalue weighted by Crippen LogP contribution is -2.13. The minimum atomic E-state index is -0.401. The van der Waals surface area contributed by atoms with Crippen molar-refractivity contribution >= 4 is 28.9 Å². The van der Waals surface area contributed by atoms with E-state index in [0.29, 0.717) is 23.6 Å². The first-order valence-electron chi connectivity index (χ1n) is 7.32. The Labute approximate surface area is 134 Å². The predicted octanol–water partition coefficient (Wildman–Crippen LogP) is 4.33. The molecule has 2 aromatic rings. The van der Waals surface area contributed by atoms with Crippen LogP contribution in [-0.4, -0.2) is 18.5 Å². The molecule has 0 fully saturated rings. The Kier molecular flexibility index (Phi) is 5.72. The molecule has 4 nitrogen and oxygen atoms in total. The third-order valence-corrected chi connectivity index (χ3v) is 4.17. The minimum absolute atomic E-state index is 0.0922. The van der Waals surface area contributed by atoms with Crippen LogP contribution in [0.25, 0.3) is 10.4 Å². The number of hydrogen-bond acceptors (Lipinski definition) is 4. The van der Waals surface area contributed by atoms with Gasteiger partial charge < -0.3 is 10.1 Å². The summed E-state index contributed by atoms with van der Waals surface area (Å²) in [6.07, 6.45) is 1.19. The largest absolute Gasteiger partial charge is 0.462 e. The van der Waals surface area contributed by atoms with Crippen LogP contribution in [0.2, 0.25) is 0 Å². The summed E-state index contributed by atoms with van der Waals surface area (Å²) in [5, 5.41) is 2.81. The molecule has 1 amide bonds. The second-order valence-corrected chi connectivity index (χ2v) is 5.79. The first-order valence-corrected chi connectivity index (χ1v) is 8.13. The molecule has 2 rings (SSSR count). The Bertz CT molecular complexity index is 649. The van der Waals surface area contributed by atoms with Crippen molar-refractivity contribution in [2.45, 2.75) is 26.7 Å². The van der Waals surface area contributed by atoms with Crippen LogP contribution in [0.3, 0.4) is 0 Å². The van der Waals surface area contributed by atoms with Crippen LogP contribution in [0, 0.1) is 0 Å². The number of nitrogens with one attached hydrogen (secondary N) is 1. The van der Waals surface area contributed by atoms with Crippen molar-refractivity contribution in [3.05, 3.63) is 41.3 Å². The van der Waals surface area contributed by atoms with Gasteiger partial charge in [0.05, 0.1) is 12.3 Å². The van der Waals surface area contributed by atoms with Gasteiger partial charge in [-0.3, -0.25) is 4.79 Å². The van der Waals surface area contributed by atoms with Crippen LogP contribution in [0.4, 0.5) is 5.69 Å². The Balaban J connectivity index is 2.34. The number of rotatable bonds is 6. The van der Waals surface area contributed by atoms with Crippen LogP contribution < -0.4 is 5.32 Å². The topological polar surface area (TPSA) is 55.4 Å². The number of benzene rings is 1. The monoisotopic (exact) mass is 317 g/mol. The third-order valence-electron chi connectivity index (χ3n) is 3.00. The summed E-state index contributed by atoms with van der Waals surface area (Å²) in [5.41, 5.74) is 1.54. The van der Waals surface area contributed by atoms with Gasteiger partial charge in [0.1, 0.15) is 4.88 Å². The van der Waals surface area contributed by atoms with Crippen LogP contribution in [0.5, 0.6) is 0 Å². The fraction of sp³-hybridized carbons (Fsp3) is 0.294. The molecule has 0 atom stereocenters. The zero-order valence-electron chi connectivity index (χ0n) is 12.7. The first kappa shape index (κ1) is 16.2. The molecular weight excluding hydrogens is 298 g/mol. The lowest BCUT2D eigenvalue weighted by Gasteiger charge is -2.05. The van der Waals surface area contributed by atoms with E-state index in [4.69, 9.17) is 4.74 Å². The van der Waals surface area contributed by atoms with Gasteiger partial charge in [0.2, 0.25) is 5.91 Å². The molecule has 22 heavy (non-hydrogen) atoms. The molecular formula is C17H19NO3S. The van der Waals surface area contributed by atoms with Crippen molar-refractivity contribution in [3.8, 4) is 10.4 Å². The van der Waals surface area contributed by atoms with Gasteiger partial charge >= 0.3 is 5.97 Å². The maximum Gasteiger partial charge on any atom is 0.350 e. The molecule has 0 unspecified atom stereocenters. The van der Waals surface area contributed by atoms with E-state index in [1.54, 1.807) is 6.92 Å². The summed E-state index contributed by atoms with van der Waals surface area (Å²) >= 11 is 1.33. The third kappa shape index (κ3) is 3.95. The predicted molar refractivity (Wildman–Crippen MR) is 89.2 cm³/mol. The van der Waals surface area contributed by atoms with E-state index in [9.17, 15) is 9.59 Å². The van der Waals surface area contributed by atoms with Gasteiger partial charge in [-0.15, -0.1) is 11.3 Å². The van der Waals surface area contributed by atoms with Crippen molar-refractivity contribution < 1.29 is 14.3 Å². The summed E-state index contributed by atoms with van der Waals surface area (Å²) < 4.78 is 5.08. The molecule has 5 heteroatoms. The second kappa shape index (κ2) is 7.75. The molecule has 0 aliphatic rings. The maximum absolute atomic E-state index is 12.1. The molecule has 1 aromatic heterocycles. The lowest BCUT2D eigenvalue weighted by molar-refractivity contribution is -0.116. The van der Waals surface area contributed by atoms with Crippen molar-refractivity contribution in [2.75, 3.05) is 11.9 Å². The molecule has 116 valence electrons. The van der Waals surface area contributed by atoms with E-state index in [0.717, 1.165) is 16.9 Å². The fourth-order valence-electron chi connectivity index (χ4n) is 2.02. The molecule has 1 heterocycles. The number of anilines is 1. The Morgan fingerprint density at radius 1 is 1.18 bits per heavy atom. The number of ether oxygens (including phenoxy) is 1. The van der Waals surface area contributed by atoms with Crippen molar-refractivity contribution in [1.29, 1.82) is 0 Å². The molecule has 0 aliphatic carbocycles. The van der Waals surface area contributed by atoms with E-state index in [2.05, 4.69) is 5.32 Å². The van der Waals surface area contributed by atoms with Gasteiger partial charge in [-0.2, -0.15) is 0 Å². The molecule has 0 saturated heterocycles. The summed E-state index contributed by atoms with van der Waals surface area (Å²) in [4.78, 5) is 25.3. The standard InChI is InChI=1S/C17H19NO3S/c1-3-8-15(19)18-13-11-14(12-9-6-5-7-10-12)22-16(13)17(20)21-4-2/h5-7,9-11H,3-4,8H2,1-2H3,(H,18,19). The number of amides is 1. The quantitative estimate of drug-likeness (QED) is 0.807. The van der Waals surface area contributed by atoms with E-state index in [1.807, 2.05) is 43.3 Å². The summed E-state index contributed by atoms with van der Waals surface area (Å²) in [6.45, 7) is 4.01. The van der Waals surface area contributed by atoms with Gasteiger partial charge in [-0.05, 0) is 25.0 Å². The number of hydrogen-bond donors (Lipinski definition) is 1. The highest BCUT2D eigenvalue weighted by molar-refractivity contribution is 7.18. The zero-order valence-corrected chi connectivity index (χ0v) is 13.5. The molecule has 0 spiro atoms. The van der Waals surface area contributed by atoms with Gasteiger partial charge in [0.15, 0.2) is 0 Å². The minimum Gasteiger partial charge on any atom is -0.462 e. The second-order valence-electron chi connectivity index (χ2n) is 4.74. The molecule has 1 aromatic carbocycles. The highest BCUT2D eigenvalue weighted by atomic mass is 32.1. The number of carbonyl (C=O) groups is 2. The Morgan fingerprint density at radius 3 is 2.55 bits per heavy atom. The van der Waals surface area contributed by atoms with Crippen molar-refractivity contribution in [2.24, 2.45) is 0 Å². The molecule has 0 bridgehead atoms. The fourth-order valence-corrected chi connectivity index (χ4v) is 3.03. The maximum atomic E-state index is 12.1. The Morgan fingerprint density at radius 2 is 1.91 bits per heavy atom. The summed E-state index contributed by atoms with van der Waals surface area (Å²) in [7, 11) is 0. The molecule has 0 saturated carbocycles. The lowest BCUT2D eigenvalue weighted by atomic mass is 10.2. The first-order chi connectivity index (χ1) is 10.7. The Hall–Kier alpha value is -2.14. The molecule has 0 aliphatic heterocycles. The van der Waals surface area contributed by atoms with Crippen molar-refractivity contribution in [3.63, 3.8) is 0 Å². The van der Waals surface area contributed by atoms with E-state index in [1.165, 1.54) is 11.3 Å². The van der Waals surface area contributed by atoms with E-state index in [-0.39, 0.29) is 5.91 Å². The zero-order chi connectivity index (χ0) is 15.9. The number of esters is 1. The van der Waals surface area contributed by atoms with E-state index < -0.39 is 5.97 Å². The normalized spacial score (nSPS) is 10.3. The SMILES string of the molecule is CCCC(=O)Nc1cc(-c2ccccc2)sc1C(=O)OCC. The average molecular weight is 317 g/mol. The highest BCUT2D eigenvalue weighted by Crippen LogP contribution is 2.35. The van der Waals surface area contributed by atoms with Crippen molar-refractivity contribution in [1.82, 2.24) is 0 Å². The van der Waals surface area contributed by atoms with Gasteiger partial charge in [0.25, 0.3) is 0 Å².